The van der Waals surface area contributed by atoms with Crippen molar-refractivity contribution in [2.24, 2.45) is 5.92 Å². The Morgan fingerprint density at radius 2 is 1.79 bits per heavy atom. The second-order valence-corrected chi connectivity index (χ2v) is 9.94. The number of hydrogen-bond donors (Lipinski definition) is 0. The van der Waals surface area contributed by atoms with E-state index in [9.17, 15) is 18.5 Å². The van der Waals surface area contributed by atoms with Crippen LogP contribution in [-0.2, 0) is 16.6 Å². The smallest absolute Gasteiger partial charge is 0.264 e. The van der Waals surface area contributed by atoms with Gasteiger partial charge in [0.1, 0.15) is 12.4 Å². The summed E-state index contributed by atoms with van der Waals surface area (Å²) < 4.78 is 34.6. The maximum atomic E-state index is 13.7. The van der Waals surface area contributed by atoms with Gasteiger partial charge in [-0.2, -0.15) is 5.26 Å². The van der Waals surface area contributed by atoms with Gasteiger partial charge in [-0.1, -0.05) is 54.1 Å². The molecule has 0 N–H and O–H groups in total. The van der Waals surface area contributed by atoms with Crippen molar-refractivity contribution in [3.05, 3.63) is 102 Å². The minimum atomic E-state index is -4.04. The minimum Gasteiger partial charge on any atom is -0.489 e. The van der Waals surface area contributed by atoms with Crippen molar-refractivity contribution in [2.45, 2.75) is 30.9 Å². The lowest BCUT2D eigenvalue weighted by Crippen LogP contribution is -2.50. The van der Waals surface area contributed by atoms with Crippen molar-refractivity contribution in [1.29, 1.82) is 5.26 Å². The molecule has 0 saturated heterocycles. The third-order valence-electron chi connectivity index (χ3n) is 5.87. The number of hydrogen-bond acceptors (Lipinski definition) is 5. The van der Waals surface area contributed by atoms with Gasteiger partial charge in [0.25, 0.3) is 10.0 Å². The van der Waals surface area contributed by atoms with Crippen molar-refractivity contribution in [3.63, 3.8) is 0 Å². The minimum absolute atomic E-state index is 0.102. The number of benzene rings is 3. The summed E-state index contributed by atoms with van der Waals surface area (Å²) in [4.78, 5) is 13.5. The quantitative estimate of drug-likeness (QED) is 0.449. The monoisotopic (exact) mass is 472 g/mol. The second kappa shape index (κ2) is 9.54. The molecule has 4 rings (SSSR count). The van der Waals surface area contributed by atoms with E-state index in [-0.39, 0.29) is 28.4 Å². The highest BCUT2D eigenvalue weighted by Gasteiger charge is 2.44. The summed E-state index contributed by atoms with van der Waals surface area (Å²) in [5, 5.41) is 9.37. The molecule has 3 aromatic rings. The van der Waals surface area contributed by atoms with Crippen molar-refractivity contribution < 1.29 is 17.9 Å². The van der Waals surface area contributed by atoms with Crippen LogP contribution in [0.15, 0.2) is 90.3 Å². The van der Waals surface area contributed by atoms with Gasteiger partial charge in [0, 0.05) is 12.0 Å². The van der Waals surface area contributed by atoms with Crippen LogP contribution in [0.5, 0.6) is 5.75 Å². The van der Waals surface area contributed by atoms with Gasteiger partial charge in [-0.15, -0.1) is 6.58 Å². The number of anilines is 1. The van der Waals surface area contributed by atoms with E-state index in [0.29, 0.717) is 12.4 Å². The number of Topliss-reactive ketones (excluding diaryl/α,β-unsaturated/α-hetero) is 1. The number of ketones is 1. The van der Waals surface area contributed by atoms with Gasteiger partial charge in [0.15, 0.2) is 5.78 Å². The first-order valence-electron chi connectivity index (χ1n) is 10.8. The molecule has 172 valence electrons. The first-order chi connectivity index (χ1) is 16.4. The Bertz CT molecular complexity index is 1360. The molecular formula is C27H24N2O4S. The van der Waals surface area contributed by atoms with Crippen molar-refractivity contribution in [3.8, 4) is 11.8 Å². The number of carbonyl (C=O) groups is 1. The largest absolute Gasteiger partial charge is 0.489 e. The molecule has 3 aromatic carbocycles. The summed E-state index contributed by atoms with van der Waals surface area (Å²) in [6, 6.07) is 22.0. The van der Waals surface area contributed by atoms with E-state index in [1.54, 1.807) is 30.3 Å². The first kappa shape index (κ1) is 23.3. The number of aryl methyl sites for hydroxylation is 1. The van der Waals surface area contributed by atoms with E-state index in [1.807, 2.05) is 43.3 Å². The highest BCUT2D eigenvalue weighted by Crippen LogP contribution is 2.41. The lowest BCUT2D eigenvalue weighted by molar-refractivity contribution is 0.0906. The molecule has 0 saturated carbocycles. The van der Waals surface area contributed by atoms with Gasteiger partial charge in [-0.05, 0) is 42.8 Å². The molecule has 6 nitrogen and oxygen atoms in total. The van der Waals surface area contributed by atoms with Crippen LogP contribution in [0.2, 0.25) is 0 Å². The summed E-state index contributed by atoms with van der Waals surface area (Å²) >= 11 is 0. The summed E-state index contributed by atoms with van der Waals surface area (Å²) in [7, 11) is -4.04. The van der Waals surface area contributed by atoms with Gasteiger partial charge in [-0.3, -0.25) is 9.10 Å². The summed E-state index contributed by atoms with van der Waals surface area (Å²) in [5.41, 5.74) is 2.34. The predicted octanol–water partition coefficient (Wildman–Crippen LogP) is 5.05. The zero-order valence-electron chi connectivity index (χ0n) is 18.7. The first-order valence-corrected chi connectivity index (χ1v) is 12.3. The number of nitrogens with zero attached hydrogens (tertiary/aromatic N) is 2. The van der Waals surface area contributed by atoms with Crippen molar-refractivity contribution in [1.82, 2.24) is 0 Å². The van der Waals surface area contributed by atoms with Gasteiger partial charge >= 0.3 is 0 Å². The van der Waals surface area contributed by atoms with Crippen LogP contribution in [0.1, 0.15) is 27.9 Å². The van der Waals surface area contributed by atoms with E-state index < -0.39 is 22.0 Å². The topological polar surface area (TPSA) is 87.5 Å². The van der Waals surface area contributed by atoms with E-state index >= 15 is 0 Å². The van der Waals surface area contributed by atoms with Gasteiger partial charge < -0.3 is 4.74 Å². The van der Waals surface area contributed by atoms with E-state index in [1.165, 1.54) is 22.5 Å². The molecule has 1 aliphatic heterocycles. The Labute approximate surface area is 199 Å². The van der Waals surface area contributed by atoms with Crippen LogP contribution in [0.25, 0.3) is 0 Å². The number of fused-ring (bicyclic) bond motifs is 1. The van der Waals surface area contributed by atoms with E-state index in [0.717, 1.165) is 11.1 Å². The summed E-state index contributed by atoms with van der Waals surface area (Å²) in [6.07, 6.45) is 1.29. The van der Waals surface area contributed by atoms with Gasteiger partial charge in [0.2, 0.25) is 0 Å². The summed E-state index contributed by atoms with van der Waals surface area (Å²) in [6.45, 7) is 5.96. The number of rotatable bonds is 7. The predicted molar refractivity (Wildman–Crippen MR) is 130 cm³/mol. The van der Waals surface area contributed by atoms with Crippen molar-refractivity contribution in [2.75, 3.05) is 4.31 Å². The fourth-order valence-electron chi connectivity index (χ4n) is 4.10. The molecule has 0 aromatic heterocycles. The van der Waals surface area contributed by atoms with Crippen LogP contribution < -0.4 is 9.04 Å². The molecule has 0 fully saturated rings. The van der Waals surface area contributed by atoms with Gasteiger partial charge in [-0.25, -0.2) is 8.42 Å². The molecule has 0 unspecified atom stereocenters. The number of nitriles is 1. The lowest BCUT2D eigenvalue weighted by Gasteiger charge is -2.39. The summed E-state index contributed by atoms with van der Waals surface area (Å²) in [5.74, 6) is -0.738. The van der Waals surface area contributed by atoms with Crippen LogP contribution in [0, 0.1) is 24.2 Å². The fourth-order valence-corrected chi connectivity index (χ4v) is 5.78. The highest BCUT2D eigenvalue weighted by molar-refractivity contribution is 7.92. The number of ether oxygens (including phenoxy) is 1. The van der Waals surface area contributed by atoms with Crippen LogP contribution in [0.4, 0.5) is 5.69 Å². The third kappa shape index (κ3) is 4.33. The molecule has 0 amide bonds. The fraction of sp³-hybridized carbons (Fsp3) is 0.185. The molecule has 34 heavy (non-hydrogen) atoms. The molecule has 0 bridgehead atoms. The van der Waals surface area contributed by atoms with Crippen molar-refractivity contribution >= 4 is 21.5 Å². The Kier molecular flexibility index (Phi) is 6.53. The molecule has 0 aliphatic carbocycles. The van der Waals surface area contributed by atoms with Crippen LogP contribution >= 0.6 is 0 Å². The average Bonchev–Trinajstić information content (AvgIpc) is 2.85. The standard InChI is InChI=1S/C27H24N2O4S/c1-3-25-23(15-16-28)27(30)24-17-21(33-18-20-7-5-4-6-8-20)11-14-26(24)29(25)34(31,32)22-12-9-19(2)10-13-22/h3-14,17,23,25H,1,15,18H2,2H3/t23-,25-/m1/s1. The van der Waals surface area contributed by atoms with E-state index in [4.69, 9.17) is 4.74 Å². The maximum Gasteiger partial charge on any atom is 0.264 e. The molecule has 2 atom stereocenters. The Morgan fingerprint density at radius 3 is 2.44 bits per heavy atom. The van der Waals surface area contributed by atoms with E-state index in [2.05, 4.69) is 6.58 Å². The molecule has 1 heterocycles. The third-order valence-corrected chi connectivity index (χ3v) is 7.70. The normalized spacial score (nSPS) is 17.5. The van der Waals surface area contributed by atoms with Crippen LogP contribution in [0.3, 0.4) is 0 Å². The number of carbonyl (C=O) groups excluding carboxylic acids is 1. The molecule has 1 aliphatic rings. The SMILES string of the molecule is C=C[C@@H]1[C@@H](CC#N)C(=O)c2cc(OCc3ccccc3)ccc2N1S(=O)(=O)c1ccc(C)cc1. The highest BCUT2D eigenvalue weighted by atomic mass is 32.2. The zero-order chi connectivity index (χ0) is 24.3. The van der Waals surface area contributed by atoms with Crippen LogP contribution in [-0.4, -0.2) is 20.2 Å². The number of sulfonamides is 1. The molecule has 0 radical (unpaired) electrons. The second-order valence-electron chi connectivity index (χ2n) is 8.13. The van der Waals surface area contributed by atoms with Gasteiger partial charge in [0.05, 0.1) is 28.6 Å². The molecular weight excluding hydrogens is 448 g/mol. The lowest BCUT2D eigenvalue weighted by atomic mass is 9.84. The Hall–Kier alpha value is -3.89. The molecule has 7 heteroatoms. The maximum absolute atomic E-state index is 13.7. The Balaban J connectivity index is 1.79. The Morgan fingerprint density at radius 1 is 1.09 bits per heavy atom. The zero-order valence-corrected chi connectivity index (χ0v) is 19.5. The molecule has 0 spiro atoms. The average molecular weight is 473 g/mol.